The first-order valence-corrected chi connectivity index (χ1v) is 6.77. The molecule has 2 nitrogen and oxygen atoms in total. The second-order valence-electron chi connectivity index (χ2n) is 5.07. The van der Waals surface area contributed by atoms with E-state index in [1.54, 1.807) is 0 Å². The van der Waals surface area contributed by atoms with Crippen LogP contribution in [0.4, 0.5) is 5.82 Å². The van der Waals surface area contributed by atoms with Gasteiger partial charge in [0.25, 0.3) is 0 Å². The molecule has 2 heteroatoms. The Morgan fingerprint density at radius 2 is 2.06 bits per heavy atom. The fraction of sp³-hybridized carbons (Fsp3) is 0.438. The van der Waals surface area contributed by atoms with Gasteiger partial charge in [0.2, 0.25) is 0 Å². The average molecular weight is 242 g/mol. The van der Waals surface area contributed by atoms with E-state index in [-0.39, 0.29) is 0 Å². The van der Waals surface area contributed by atoms with Crippen molar-refractivity contribution in [2.45, 2.75) is 39.5 Å². The molecular weight excluding hydrogens is 220 g/mol. The van der Waals surface area contributed by atoms with Crippen LogP contribution in [0, 0.1) is 0 Å². The Morgan fingerprint density at radius 1 is 1.28 bits per heavy atom. The first kappa shape index (κ1) is 12.9. The largest absolute Gasteiger partial charge is 0.373 e. The van der Waals surface area contributed by atoms with Crippen LogP contribution in [0.15, 0.2) is 24.3 Å². The number of pyridine rings is 1. The van der Waals surface area contributed by atoms with Crippen molar-refractivity contribution in [2.75, 3.05) is 12.4 Å². The van der Waals surface area contributed by atoms with E-state index in [0.29, 0.717) is 5.92 Å². The third-order valence-electron chi connectivity index (χ3n) is 3.33. The van der Waals surface area contributed by atoms with Gasteiger partial charge < -0.3 is 5.32 Å². The zero-order chi connectivity index (χ0) is 13.1. The maximum absolute atomic E-state index is 4.82. The lowest BCUT2D eigenvalue weighted by Gasteiger charge is -2.13. The number of nitrogens with one attached hydrogen (secondary N) is 1. The van der Waals surface area contributed by atoms with Crippen molar-refractivity contribution in [3.8, 4) is 0 Å². The van der Waals surface area contributed by atoms with Gasteiger partial charge in [-0.2, -0.15) is 0 Å². The summed E-state index contributed by atoms with van der Waals surface area (Å²) in [5, 5.41) is 4.48. The molecule has 1 N–H and O–H groups in total. The molecule has 18 heavy (non-hydrogen) atoms. The van der Waals surface area contributed by atoms with Crippen LogP contribution in [0.2, 0.25) is 0 Å². The Hall–Kier alpha value is -1.57. The SMILES string of the molecule is CCCc1cc2cccc(C(C)C)c2nc1NC. The van der Waals surface area contributed by atoms with Crippen molar-refractivity contribution in [1.82, 2.24) is 4.98 Å². The van der Waals surface area contributed by atoms with E-state index in [9.17, 15) is 0 Å². The van der Waals surface area contributed by atoms with Crippen molar-refractivity contribution in [1.29, 1.82) is 0 Å². The molecule has 0 unspecified atom stereocenters. The van der Waals surface area contributed by atoms with Gasteiger partial charge in [-0.3, -0.25) is 0 Å². The van der Waals surface area contributed by atoms with Crippen molar-refractivity contribution >= 4 is 16.7 Å². The second kappa shape index (κ2) is 5.38. The number of para-hydroxylation sites is 1. The third kappa shape index (κ3) is 2.33. The monoisotopic (exact) mass is 242 g/mol. The summed E-state index contributed by atoms with van der Waals surface area (Å²) in [6, 6.07) is 8.75. The molecule has 0 fully saturated rings. The molecule has 1 aromatic heterocycles. The lowest BCUT2D eigenvalue weighted by Crippen LogP contribution is -2.01. The highest BCUT2D eigenvalue weighted by Gasteiger charge is 2.10. The molecule has 0 atom stereocenters. The highest BCUT2D eigenvalue weighted by atomic mass is 15.0. The zero-order valence-electron chi connectivity index (χ0n) is 11.7. The molecule has 0 amide bonds. The molecule has 0 saturated heterocycles. The van der Waals surface area contributed by atoms with Gasteiger partial charge >= 0.3 is 0 Å². The fourth-order valence-electron chi connectivity index (χ4n) is 2.41. The number of anilines is 1. The predicted molar refractivity (Wildman–Crippen MR) is 79.4 cm³/mol. The van der Waals surface area contributed by atoms with Gasteiger partial charge in [-0.25, -0.2) is 4.98 Å². The van der Waals surface area contributed by atoms with Crippen molar-refractivity contribution in [3.63, 3.8) is 0 Å². The van der Waals surface area contributed by atoms with Gasteiger partial charge in [0.15, 0.2) is 0 Å². The van der Waals surface area contributed by atoms with Gasteiger partial charge in [0, 0.05) is 12.4 Å². The molecule has 1 aromatic carbocycles. The summed E-state index contributed by atoms with van der Waals surface area (Å²) in [5.74, 6) is 1.53. The topological polar surface area (TPSA) is 24.9 Å². The Balaban J connectivity index is 2.66. The molecule has 0 aliphatic carbocycles. The van der Waals surface area contributed by atoms with E-state index in [1.807, 2.05) is 7.05 Å². The van der Waals surface area contributed by atoms with Crippen molar-refractivity contribution in [3.05, 3.63) is 35.4 Å². The Kier molecular flexibility index (Phi) is 3.85. The lowest BCUT2D eigenvalue weighted by molar-refractivity contribution is 0.871. The number of nitrogens with zero attached hydrogens (tertiary/aromatic N) is 1. The minimum absolute atomic E-state index is 0.503. The van der Waals surface area contributed by atoms with Gasteiger partial charge in [0.1, 0.15) is 5.82 Å². The second-order valence-corrected chi connectivity index (χ2v) is 5.07. The normalized spacial score (nSPS) is 11.2. The summed E-state index contributed by atoms with van der Waals surface area (Å²) >= 11 is 0. The fourth-order valence-corrected chi connectivity index (χ4v) is 2.41. The molecule has 0 radical (unpaired) electrons. The number of aromatic nitrogens is 1. The van der Waals surface area contributed by atoms with Crippen LogP contribution in [0.25, 0.3) is 10.9 Å². The number of fused-ring (bicyclic) bond motifs is 1. The molecule has 0 aliphatic rings. The highest BCUT2D eigenvalue weighted by Crippen LogP contribution is 2.27. The smallest absolute Gasteiger partial charge is 0.129 e. The Morgan fingerprint density at radius 3 is 2.67 bits per heavy atom. The van der Waals surface area contributed by atoms with Gasteiger partial charge in [-0.1, -0.05) is 45.4 Å². The minimum atomic E-state index is 0.503. The summed E-state index contributed by atoms with van der Waals surface area (Å²) in [7, 11) is 1.95. The highest BCUT2D eigenvalue weighted by molar-refractivity contribution is 5.85. The summed E-state index contributed by atoms with van der Waals surface area (Å²) in [5.41, 5.74) is 3.78. The maximum atomic E-state index is 4.82. The van der Waals surface area contributed by atoms with Crippen LogP contribution < -0.4 is 5.32 Å². The van der Waals surface area contributed by atoms with Gasteiger partial charge in [0.05, 0.1) is 5.52 Å². The number of hydrogen-bond acceptors (Lipinski definition) is 2. The molecule has 0 bridgehead atoms. The molecule has 2 aromatic rings. The van der Waals surface area contributed by atoms with Crippen LogP contribution in [-0.2, 0) is 6.42 Å². The number of aryl methyl sites for hydroxylation is 1. The van der Waals surface area contributed by atoms with E-state index in [2.05, 4.69) is 50.4 Å². The van der Waals surface area contributed by atoms with E-state index < -0.39 is 0 Å². The van der Waals surface area contributed by atoms with E-state index in [1.165, 1.54) is 16.5 Å². The Bertz CT molecular complexity index is 544. The summed E-state index contributed by atoms with van der Waals surface area (Å²) in [6.45, 7) is 6.64. The first-order chi connectivity index (χ1) is 8.67. The number of hydrogen-bond donors (Lipinski definition) is 1. The summed E-state index contributed by atoms with van der Waals surface area (Å²) < 4.78 is 0. The lowest BCUT2D eigenvalue weighted by atomic mass is 9.98. The van der Waals surface area contributed by atoms with E-state index in [0.717, 1.165) is 24.2 Å². The van der Waals surface area contributed by atoms with Crippen molar-refractivity contribution < 1.29 is 0 Å². The summed E-state index contributed by atoms with van der Waals surface area (Å²) in [6.07, 6.45) is 2.22. The standard InChI is InChI=1S/C16H22N2/c1-5-7-13-10-12-8-6-9-14(11(2)3)15(12)18-16(13)17-4/h6,8-11H,5,7H2,1-4H3,(H,17,18). The van der Waals surface area contributed by atoms with E-state index >= 15 is 0 Å². The average Bonchev–Trinajstić information content (AvgIpc) is 2.37. The summed E-state index contributed by atoms with van der Waals surface area (Å²) in [4.78, 5) is 4.82. The molecule has 2 rings (SSSR count). The van der Waals surface area contributed by atoms with Gasteiger partial charge in [-0.15, -0.1) is 0 Å². The maximum Gasteiger partial charge on any atom is 0.129 e. The third-order valence-corrected chi connectivity index (χ3v) is 3.33. The van der Waals surface area contributed by atoms with Crippen LogP contribution in [0.5, 0.6) is 0 Å². The number of rotatable bonds is 4. The zero-order valence-corrected chi connectivity index (χ0v) is 11.7. The van der Waals surface area contributed by atoms with E-state index in [4.69, 9.17) is 4.98 Å². The molecule has 0 spiro atoms. The first-order valence-electron chi connectivity index (χ1n) is 6.77. The van der Waals surface area contributed by atoms with Crippen molar-refractivity contribution in [2.24, 2.45) is 0 Å². The van der Waals surface area contributed by atoms with Gasteiger partial charge in [-0.05, 0) is 29.5 Å². The quantitative estimate of drug-likeness (QED) is 0.862. The number of benzene rings is 1. The van der Waals surface area contributed by atoms with Crippen LogP contribution in [0.1, 0.15) is 44.2 Å². The van der Waals surface area contributed by atoms with Crippen LogP contribution >= 0.6 is 0 Å². The van der Waals surface area contributed by atoms with Crippen LogP contribution in [-0.4, -0.2) is 12.0 Å². The minimum Gasteiger partial charge on any atom is -0.373 e. The molecular formula is C16H22N2. The molecule has 0 aliphatic heterocycles. The molecule has 96 valence electrons. The molecule has 1 heterocycles. The Labute approximate surface area is 109 Å². The molecule has 0 saturated carbocycles. The predicted octanol–water partition coefficient (Wildman–Crippen LogP) is 4.35. The van der Waals surface area contributed by atoms with Crippen LogP contribution in [0.3, 0.4) is 0 Å².